The summed E-state index contributed by atoms with van der Waals surface area (Å²) in [6.07, 6.45) is -3.81. The number of carbonyl (C=O) groups excluding carboxylic acids is 1. The molecule has 0 aromatic carbocycles. The van der Waals surface area contributed by atoms with E-state index in [1.807, 2.05) is 0 Å². The first-order valence-corrected chi connectivity index (χ1v) is 6.64. The third kappa shape index (κ3) is 8.73. The Labute approximate surface area is 132 Å². The summed E-state index contributed by atoms with van der Waals surface area (Å²) >= 11 is 0. The number of nitrogens with zero attached hydrogens (tertiary/aromatic N) is 1. The van der Waals surface area contributed by atoms with E-state index in [0.29, 0.717) is 0 Å². The molecule has 132 valence electrons. The second-order valence-electron chi connectivity index (χ2n) is 6.27. The van der Waals surface area contributed by atoms with Crippen LogP contribution in [0.3, 0.4) is 0 Å². The monoisotopic (exact) mass is 336 g/mol. The smallest absolute Gasteiger partial charge is 0.336 e. The first-order chi connectivity index (χ1) is 10.2. The van der Waals surface area contributed by atoms with E-state index in [2.05, 4.69) is 0 Å². The molecule has 10 heteroatoms. The number of esters is 1. The van der Waals surface area contributed by atoms with Crippen molar-refractivity contribution in [1.82, 2.24) is 0 Å². The van der Waals surface area contributed by atoms with Crippen molar-refractivity contribution >= 4 is 23.9 Å². The summed E-state index contributed by atoms with van der Waals surface area (Å²) in [6, 6.07) is 0. The van der Waals surface area contributed by atoms with Crippen LogP contribution in [0.4, 0.5) is 0 Å². The molecule has 0 aliphatic heterocycles. The third-order valence-electron chi connectivity index (χ3n) is 2.73. The summed E-state index contributed by atoms with van der Waals surface area (Å²) < 4.78 is 5.19. The summed E-state index contributed by atoms with van der Waals surface area (Å²) in [5.74, 6) is -5.87. The SMILES string of the molecule is C[N+](C)(C)C[C@H](CC(=O)O)OC(=O)CC(O)(CC(=O)O)C(=O)O. The van der Waals surface area contributed by atoms with Crippen LogP contribution in [0.25, 0.3) is 0 Å². The fraction of sp³-hybridized carbons (Fsp3) is 0.692. The first-order valence-electron chi connectivity index (χ1n) is 6.64. The van der Waals surface area contributed by atoms with Crippen LogP contribution >= 0.6 is 0 Å². The van der Waals surface area contributed by atoms with Gasteiger partial charge in [0.1, 0.15) is 6.54 Å². The Balaban J connectivity index is 4.99. The highest BCUT2D eigenvalue weighted by Gasteiger charge is 2.42. The van der Waals surface area contributed by atoms with E-state index in [0.717, 1.165) is 0 Å². The molecule has 0 rings (SSSR count). The van der Waals surface area contributed by atoms with Crippen molar-refractivity contribution in [2.24, 2.45) is 0 Å². The van der Waals surface area contributed by atoms with E-state index in [-0.39, 0.29) is 11.0 Å². The Bertz CT molecular complexity index is 482. The van der Waals surface area contributed by atoms with Gasteiger partial charge in [0, 0.05) is 0 Å². The number of carbonyl (C=O) groups is 4. The number of carboxylic acid groups (broad SMARTS) is 3. The minimum absolute atomic E-state index is 0.141. The van der Waals surface area contributed by atoms with Crippen molar-refractivity contribution in [2.45, 2.75) is 31.0 Å². The zero-order valence-corrected chi connectivity index (χ0v) is 13.2. The van der Waals surface area contributed by atoms with Crippen LogP contribution in [0.5, 0.6) is 0 Å². The summed E-state index contributed by atoms with van der Waals surface area (Å²) in [5.41, 5.74) is -2.81. The lowest BCUT2D eigenvalue weighted by atomic mass is 9.96. The maximum Gasteiger partial charge on any atom is 0.336 e. The minimum atomic E-state index is -2.81. The maximum absolute atomic E-state index is 11.8. The quantitative estimate of drug-likeness (QED) is 0.283. The van der Waals surface area contributed by atoms with Crippen molar-refractivity contribution in [3.8, 4) is 0 Å². The molecule has 0 aromatic rings. The number of ether oxygens (including phenoxy) is 1. The molecule has 4 N–H and O–H groups in total. The van der Waals surface area contributed by atoms with Crippen molar-refractivity contribution in [1.29, 1.82) is 0 Å². The van der Waals surface area contributed by atoms with Crippen molar-refractivity contribution < 1.29 is 48.8 Å². The fourth-order valence-corrected chi connectivity index (χ4v) is 1.88. The Morgan fingerprint density at radius 2 is 1.52 bits per heavy atom. The van der Waals surface area contributed by atoms with Crippen molar-refractivity contribution in [2.75, 3.05) is 27.7 Å². The number of likely N-dealkylation sites (N-methyl/N-ethyl adjacent to an activating group) is 1. The summed E-state index contributed by atoms with van der Waals surface area (Å²) in [6.45, 7) is 0.141. The van der Waals surface area contributed by atoms with Gasteiger partial charge in [-0.05, 0) is 0 Å². The van der Waals surface area contributed by atoms with Gasteiger partial charge in [0.25, 0.3) is 0 Å². The number of hydrogen-bond donors (Lipinski definition) is 4. The van der Waals surface area contributed by atoms with Gasteiger partial charge in [-0.2, -0.15) is 0 Å². The normalized spacial score (nSPS) is 15.3. The van der Waals surface area contributed by atoms with Crippen LogP contribution in [0.1, 0.15) is 19.3 Å². The number of aliphatic hydroxyl groups is 1. The van der Waals surface area contributed by atoms with Gasteiger partial charge in [-0.25, -0.2) is 4.79 Å². The average Bonchev–Trinajstić information content (AvgIpc) is 2.22. The van der Waals surface area contributed by atoms with Crippen molar-refractivity contribution in [3.05, 3.63) is 0 Å². The van der Waals surface area contributed by atoms with Crippen LogP contribution in [0.15, 0.2) is 0 Å². The molecule has 0 fully saturated rings. The molecule has 0 aliphatic rings. The third-order valence-corrected chi connectivity index (χ3v) is 2.73. The lowest BCUT2D eigenvalue weighted by Crippen LogP contribution is -2.46. The molecule has 2 atom stereocenters. The summed E-state index contributed by atoms with van der Waals surface area (Å²) in [5, 5.41) is 36.1. The van der Waals surface area contributed by atoms with Crippen LogP contribution < -0.4 is 0 Å². The van der Waals surface area contributed by atoms with Gasteiger partial charge in [0.15, 0.2) is 11.7 Å². The molecule has 0 bridgehead atoms. The number of quaternary nitrogens is 1. The Hall–Kier alpha value is -2.20. The molecular formula is C13H22NO9+. The molecule has 1 unspecified atom stereocenters. The van der Waals surface area contributed by atoms with E-state index in [4.69, 9.17) is 20.1 Å². The highest BCUT2D eigenvalue weighted by atomic mass is 16.5. The van der Waals surface area contributed by atoms with Crippen molar-refractivity contribution in [3.63, 3.8) is 0 Å². The van der Waals surface area contributed by atoms with Gasteiger partial charge < -0.3 is 29.6 Å². The standard InChI is InChI=1S/C13H21NO9/c1-14(2,3)7-8(4-9(15)16)23-11(19)6-13(22,12(20)21)5-10(17)18/h8,22H,4-7H2,1-3H3,(H2-,15,16,17,18,20,21)/p+1/t8-,13?/m0/s1. The highest BCUT2D eigenvalue weighted by molar-refractivity contribution is 5.88. The summed E-state index contributed by atoms with van der Waals surface area (Å²) in [7, 11) is 5.21. The highest BCUT2D eigenvalue weighted by Crippen LogP contribution is 2.18. The molecule has 10 nitrogen and oxygen atoms in total. The molecule has 0 amide bonds. The largest absolute Gasteiger partial charge is 0.481 e. The van der Waals surface area contributed by atoms with E-state index >= 15 is 0 Å². The van der Waals surface area contributed by atoms with Gasteiger partial charge in [0.05, 0.1) is 40.4 Å². The molecule has 0 radical (unpaired) electrons. The van der Waals surface area contributed by atoms with Crippen LogP contribution in [0.2, 0.25) is 0 Å². The molecular weight excluding hydrogens is 314 g/mol. The van der Waals surface area contributed by atoms with Crippen LogP contribution in [-0.4, -0.2) is 88.2 Å². The zero-order valence-electron chi connectivity index (χ0n) is 13.2. The lowest BCUT2D eigenvalue weighted by molar-refractivity contribution is -0.873. The predicted molar refractivity (Wildman–Crippen MR) is 74.5 cm³/mol. The van der Waals surface area contributed by atoms with Gasteiger partial charge in [-0.3, -0.25) is 14.4 Å². The van der Waals surface area contributed by atoms with Crippen LogP contribution in [-0.2, 0) is 23.9 Å². The fourth-order valence-electron chi connectivity index (χ4n) is 1.88. The number of hydrogen-bond acceptors (Lipinski definition) is 6. The van der Waals surface area contributed by atoms with Crippen LogP contribution in [0, 0.1) is 0 Å². The number of aliphatic carboxylic acids is 3. The van der Waals surface area contributed by atoms with E-state index < -0.39 is 54.8 Å². The molecule has 0 saturated carbocycles. The Kier molecular flexibility index (Phi) is 7.13. The van der Waals surface area contributed by atoms with Gasteiger partial charge in [-0.1, -0.05) is 0 Å². The van der Waals surface area contributed by atoms with E-state index in [9.17, 15) is 24.3 Å². The van der Waals surface area contributed by atoms with Gasteiger partial charge in [0.2, 0.25) is 0 Å². The molecule has 0 saturated heterocycles. The van der Waals surface area contributed by atoms with E-state index in [1.54, 1.807) is 21.1 Å². The molecule has 0 aliphatic carbocycles. The maximum atomic E-state index is 11.8. The average molecular weight is 336 g/mol. The zero-order chi connectivity index (χ0) is 18.4. The molecule has 0 spiro atoms. The van der Waals surface area contributed by atoms with Gasteiger partial charge in [-0.15, -0.1) is 0 Å². The minimum Gasteiger partial charge on any atom is -0.481 e. The van der Waals surface area contributed by atoms with E-state index in [1.165, 1.54) is 0 Å². The number of carboxylic acids is 3. The second-order valence-corrected chi connectivity index (χ2v) is 6.27. The predicted octanol–water partition coefficient (Wildman–Crippen LogP) is -1.24. The van der Waals surface area contributed by atoms with Gasteiger partial charge >= 0.3 is 23.9 Å². The molecule has 0 heterocycles. The summed E-state index contributed by atoms with van der Waals surface area (Å²) in [4.78, 5) is 44.1. The Morgan fingerprint density at radius 1 is 1.00 bits per heavy atom. The Morgan fingerprint density at radius 3 is 1.87 bits per heavy atom. The second kappa shape index (κ2) is 7.88. The first kappa shape index (κ1) is 20.8. The molecule has 23 heavy (non-hydrogen) atoms. The topological polar surface area (TPSA) is 158 Å². The molecule has 0 aromatic heterocycles. The number of rotatable bonds is 10. The lowest BCUT2D eigenvalue weighted by Gasteiger charge is -2.29.